The number of benzene rings is 1. The minimum atomic E-state index is -0.298. The van der Waals surface area contributed by atoms with Crippen molar-refractivity contribution >= 4 is 45.6 Å². The van der Waals surface area contributed by atoms with Crippen LogP contribution in [-0.2, 0) is 18.4 Å². The fourth-order valence-electron chi connectivity index (χ4n) is 3.73. The van der Waals surface area contributed by atoms with Gasteiger partial charge in [-0.05, 0) is 54.8 Å². The first kappa shape index (κ1) is 21.5. The number of hydrogen-bond acceptors (Lipinski definition) is 6. The summed E-state index contributed by atoms with van der Waals surface area (Å²) in [7, 11) is 1.75. The van der Waals surface area contributed by atoms with Gasteiger partial charge in [0.1, 0.15) is 6.54 Å². The Hall–Kier alpha value is -4.31. The van der Waals surface area contributed by atoms with Crippen LogP contribution in [-0.4, -0.2) is 36.4 Å². The van der Waals surface area contributed by atoms with E-state index in [1.807, 2.05) is 24.4 Å². The van der Waals surface area contributed by atoms with Crippen molar-refractivity contribution in [2.24, 2.45) is 7.05 Å². The lowest BCUT2D eigenvalue weighted by Gasteiger charge is -2.08. The average molecular weight is 472 g/mol. The molecular weight excluding hydrogens is 450 g/mol. The summed E-state index contributed by atoms with van der Waals surface area (Å²) in [6, 6.07) is 14.6. The Balaban J connectivity index is 1.27. The third-order valence-electron chi connectivity index (χ3n) is 5.26. The van der Waals surface area contributed by atoms with Crippen molar-refractivity contribution in [3.05, 3.63) is 77.7 Å². The van der Waals surface area contributed by atoms with Gasteiger partial charge in [0, 0.05) is 41.3 Å². The molecule has 0 saturated carbocycles. The fraction of sp³-hybridized carbons (Fsp3) is 0.125. The van der Waals surface area contributed by atoms with Crippen LogP contribution >= 0.6 is 11.3 Å². The highest BCUT2D eigenvalue weighted by Crippen LogP contribution is 2.32. The largest absolute Gasteiger partial charge is 0.324 e. The van der Waals surface area contributed by atoms with Crippen molar-refractivity contribution in [1.82, 2.24) is 24.5 Å². The smallest absolute Gasteiger partial charge is 0.276 e. The van der Waals surface area contributed by atoms with Gasteiger partial charge in [0.2, 0.25) is 5.91 Å². The van der Waals surface area contributed by atoms with E-state index >= 15 is 0 Å². The molecule has 5 rings (SSSR count). The van der Waals surface area contributed by atoms with Gasteiger partial charge >= 0.3 is 0 Å². The highest BCUT2D eigenvalue weighted by Gasteiger charge is 2.16. The molecule has 2 amide bonds. The van der Waals surface area contributed by atoms with Crippen LogP contribution in [0.2, 0.25) is 0 Å². The summed E-state index contributed by atoms with van der Waals surface area (Å²) in [4.78, 5) is 30.6. The van der Waals surface area contributed by atoms with Crippen molar-refractivity contribution in [2.45, 2.75) is 13.5 Å². The van der Waals surface area contributed by atoms with Gasteiger partial charge in [0.05, 0.1) is 11.1 Å². The Morgan fingerprint density at radius 2 is 1.76 bits per heavy atom. The first-order chi connectivity index (χ1) is 16.5. The number of carbonyl (C=O) groups is 2. The van der Waals surface area contributed by atoms with E-state index in [0.29, 0.717) is 22.7 Å². The molecule has 0 saturated heterocycles. The summed E-state index contributed by atoms with van der Waals surface area (Å²) in [5, 5.41) is 17.3. The number of pyridine rings is 1. The maximum absolute atomic E-state index is 12.7. The number of nitrogens with zero attached hydrogens (tertiary/aromatic N) is 5. The van der Waals surface area contributed by atoms with E-state index < -0.39 is 0 Å². The molecule has 0 radical (unpaired) electrons. The molecule has 9 nitrogen and oxygen atoms in total. The predicted molar refractivity (Wildman–Crippen MR) is 132 cm³/mol. The van der Waals surface area contributed by atoms with Crippen LogP contribution < -0.4 is 10.6 Å². The molecule has 0 aliphatic rings. The number of fused-ring (bicyclic) bond motifs is 1. The number of thiophene rings is 1. The number of anilines is 2. The predicted octanol–water partition coefficient (Wildman–Crippen LogP) is 4.09. The molecule has 10 heteroatoms. The van der Waals surface area contributed by atoms with Gasteiger partial charge in [-0.1, -0.05) is 6.07 Å². The SMILES string of the molecule is Cc1nn(CC(=O)Nc2ccc(NC(=O)c3ccn(C)n3)cc2)c2nccc(-c3cccs3)c12. The standard InChI is InChI=1S/C24H21N7O2S/c1-15-22-18(20-4-3-13-34-20)9-11-25-23(22)31(28-15)14-21(32)26-16-5-7-17(8-6-16)27-24(33)19-10-12-30(2)29-19/h3-13H,14H2,1-2H3,(H,26,32)(H,27,33). The molecule has 0 fully saturated rings. The van der Waals surface area contributed by atoms with E-state index in [1.165, 1.54) is 0 Å². The molecule has 0 atom stereocenters. The maximum Gasteiger partial charge on any atom is 0.276 e. The molecule has 0 aliphatic heterocycles. The van der Waals surface area contributed by atoms with Gasteiger partial charge in [-0.15, -0.1) is 11.3 Å². The summed E-state index contributed by atoms with van der Waals surface area (Å²) in [6.07, 6.45) is 3.45. The molecule has 4 heterocycles. The average Bonchev–Trinajstić information content (AvgIpc) is 3.57. The van der Waals surface area contributed by atoms with Crippen molar-refractivity contribution in [3.63, 3.8) is 0 Å². The molecule has 5 aromatic rings. The highest BCUT2D eigenvalue weighted by molar-refractivity contribution is 7.13. The molecule has 4 aromatic heterocycles. The normalized spacial score (nSPS) is 11.0. The molecular formula is C24H21N7O2S. The second-order valence-electron chi connectivity index (χ2n) is 7.73. The van der Waals surface area contributed by atoms with Crippen molar-refractivity contribution in [1.29, 1.82) is 0 Å². The lowest BCUT2D eigenvalue weighted by Crippen LogP contribution is -2.20. The second kappa shape index (κ2) is 8.91. The van der Waals surface area contributed by atoms with Crippen molar-refractivity contribution < 1.29 is 9.59 Å². The number of rotatable bonds is 6. The summed E-state index contributed by atoms with van der Waals surface area (Å²) < 4.78 is 3.19. The van der Waals surface area contributed by atoms with Crippen molar-refractivity contribution in [2.75, 3.05) is 10.6 Å². The van der Waals surface area contributed by atoms with Crippen LogP contribution in [0.1, 0.15) is 16.2 Å². The lowest BCUT2D eigenvalue weighted by molar-refractivity contribution is -0.116. The zero-order valence-electron chi connectivity index (χ0n) is 18.5. The third kappa shape index (κ3) is 4.30. The first-order valence-electron chi connectivity index (χ1n) is 10.5. The van der Waals surface area contributed by atoms with E-state index in [4.69, 9.17) is 0 Å². The third-order valence-corrected chi connectivity index (χ3v) is 6.16. The lowest BCUT2D eigenvalue weighted by atomic mass is 10.1. The van der Waals surface area contributed by atoms with Crippen LogP contribution in [0.15, 0.2) is 66.3 Å². The number of aryl methyl sites for hydroxylation is 2. The number of nitrogens with one attached hydrogen (secondary N) is 2. The molecule has 1 aromatic carbocycles. The van der Waals surface area contributed by atoms with Crippen LogP contribution in [0.25, 0.3) is 21.5 Å². The second-order valence-corrected chi connectivity index (χ2v) is 8.68. The van der Waals surface area contributed by atoms with E-state index in [9.17, 15) is 9.59 Å². The first-order valence-corrected chi connectivity index (χ1v) is 11.4. The van der Waals surface area contributed by atoms with E-state index in [2.05, 4.69) is 31.9 Å². The number of aromatic nitrogens is 5. The van der Waals surface area contributed by atoms with Crippen LogP contribution in [0.4, 0.5) is 11.4 Å². The van der Waals surface area contributed by atoms with E-state index in [1.54, 1.807) is 70.5 Å². The van der Waals surface area contributed by atoms with Gasteiger partial charge in [0.25, 0.3) is 5.91 Å². The van der Waals surface area contributed by atoms with Crippen LogP contribution in [0.5, 0.6) is 0 Å². The van der Waals surface area contributed by atoms with Crippen molar-refractivity contribution in [3.8, 4) is 10.4 Å². The van der Waals surface area contributed by atoms with E-state index in [-0.39, 0.29) is 18.4 Å². The number of amides is 2. The topological polar surface area (TPSA) is 107 Å². The molecule has 2 N–H and O–H groups in total. The quantitative estimate of drug-likeness (QED) is 0.388. The molecule has 0 spiro atoms. The Kier molecular flexibility index (Phi) is 5.64. The summed E-state index contributed by atoms with van der Waals surface area (Å²) in [6.45, 7) is 1.96. The van der Waals surface area contributed by atoms with Gasteiger partial charge in [-0.25, -0.2) is 9.67 Å². The van der Waals surface area contributed by atoms with Crippen LogP contribution in [0, 0.1) is 6.92 Å². The zero-order chi connectivity index (χ0) is 23.7. The summed E-state index contributed by atoms with van der Waals surface area (Å²) >= 11 is 1.65. The summed E-state index contributed by atoms with van der Waals surface area (Å²) in [5.74, 6) is -0.522. The molecule has 0 unspecified atom stereocenters. The maximum atomic E-state index is 12.7. The highest BCUT2D eigenvalue weighted by atomic mass is 32.1. The minimum absolute atomic E-state index is 0.0311. The molecule has 34 heavy (non-hydrogen) atoms. The van der Waals surface area contributed by atoms with Gasteiger partial charge in [-0.2, -0.15) is 10.2 Å². The van der Waals surface area contributed by atoms with E-state index in [0.717, 1.165) is 21.5 Å². The Morgan fingerprint density at radius 1 is 1.00 bits per heavy atom. The zero-order valence-corrected chi connectivity index (χ0v) is 19.3. The molecule has 0 bridgehead atoms. The Morgan fingerprint density at radius 3 is 2.44 bits per heavy atom. The number of carbonyl (C=O) groups excluding carboxylic acids is 2. The van der Waals surface area contributed by atoms with Gasteiger partial charge in [-0.3, -0.25) is 14.3 Å². The van der Waals surface area contributed by atoms with Gasteiger partial charge in [0.15, 0.2) is 11.3 Å². The van der Waals surface area contributed by atoms with Crippen LogP contribution in [0.3, 0.4) is 0 Å². The molecule has 170 valence electrons. The minimum Gasteiger partial charge on any atom is -0.324 e. The Labute approximate surface area is 199 Å². The van der Waals surface area contributed by atoms with Gasteiger partial charge < -0.3 is 10.6 Å². The Bertz CT molecular complexity index is 1480. The number of hydrogen-bond donors (Lipinski definition) is 2. The monoisotopic (exact) mass is 471 g/mol. The summed E-state index contributed by atoms with van der Waals surface area (Å²) in [5.41, 5.74) is 4.11. The fourth-order valence-corrected chi connectivity index (χ4v) is 4.49. The molecule has 0 aliphatic carbocycles.